The number of nitriles is 1. The van der Waals surface area contributed by atoms with Crippen molar-refractivity contribution in [3.05, 3.63) is 0 Å². The van der Waals surface area contributed by atoms with E-state index in [1.807, 2.05) is 6.07 Å². The van der Waals surface area contributed by atoms with Gasteiger partial charge in [-0.25, -0.2) is 4.79 Å². The molecule has 1 aliphatic heterocycles. The molecular weight excluding hydrogens is 182 g/mol. The Hall–Kier alpha value is -1.24. The summed E-state index contributed by atoms with van der Waals surface area (Å²) in [6.07, 6.45) is 3.95. The zero-order valence-corrected chi connectivity index (χ0v) is 7.94. The average Bonchev–Trinajstić information content (AvgIpc) is 2.61. The van der Waals surface area contributed by atoms with Gasteiger partial charge in [-0.3, -0.25) is 0 Å². The highest BCUT2D eigenvalue weighted by Crippen LogP contribution is 2.32. The fourth-order valence-electron chi connectivity index (χ4n) is 2.28. The van der Waals surface area contributed by atoms with Crippen LogP contribution in [0.5, 0.6) is 0 Å². The van der Waals surface area contributed by atoms with Crippen LogP contribution in [0.4, 0.5) is 4.79 Å². The largest absolute Gasteiger partial charge is 0.510 e. The fourth-order valence-corrected chi connectivity index (χ4v) is 2.28. The second kappa shape index (κ2) is 3.87. The molecule has 14 heavy (non-hydrogen) atoms. The van der Waals surface area contributed by atoms with Crippen molar-refractivity contribution in [1.29, 1.82) is 5.26 Å². The normalized spacial score (nSPS) is 33.2. The quantitative estimate of drug-likeness (QED) is 0.600. The lowest BCUT2D eigenvalue weighted by Gasteiger charge is -2.25. The smallest absolute Gasteiger partial charge is 0.425 e. The van der Waals surface area contributed by atoms with Crippen molar-refractivity contribution in [3.63, 3.8) is 0 Å². The third-order valence-electron chi connectivity index (χ3n) is 3.00. The van der Waals surface area contributed by atoms with E-state index in [9.17, 15) is 4.79 Å². The Morgan fingerprint density at radius 2 is 1.93 bits per heavy atom. The van der Waals surface area contributed by atoms with E-state index >= 15 is 0 Å². The van der Waals surface area contributed by atoms with Crippen molar-refractivity contribution >= 4 is 6.16 Å². The standard InChI is InChI=1S/C10H13NO3/c11-6-8-9(14-10(12)13-8)7-4-2-1-3-5-7/h7-9H,1-5H2. The van der Waals surface area contributed by atoms with E-state index in [0.29, 0.717) is 5.92 Å². The maximum Gasteiger partial charge on any atom is 0.510 e. The van der Waals surface area contributed by atoms with Gasteiger partial charge in [0.15, 0.2) is 6.10 Å². The summed E-state index contributed by atoms with van der Waals surface area (Å²) in [4.78, 5) is 10.9. The molecule has 76 valence electrons. The molecule has 0 amide bonds. The van der Waals surface area contributed by atoms with E-state index in [4.69, 9.17) is 14.7 Å². The third kappa shape index (κ3) is 1.67. The summed E-state index contributed by atoms with van der Waals surface area (Å²) in [5, 5.41) is 8.78. The summed E-state index contributed by atoms with van der Waals surface area (Å²) in [5.74, 6) is 0.319. The van der Waals surface area contributed by atoms with Gasteiger partial charge in [0.1, 0.15) is 6.07 Å². The highest BCUT2D eigenvalue weighted by atomic mass is 16.8. The van der Waals surface area contributed by atoms with Crippen LogP contribution >= 0.6 is 0 Å². The van der Waals surface area contributed by atoms with Gasteiger partial charge in [0.05, 0.1) is 0 Å². The van der Waals surface area contributed by atoms with E-state index < -0.39 is 12.3 Å². The summed E-state index contributed by atoms with van der Waals surface area (Å²) < 4.78 is 9.77. The maximum atomic E-state index is 10.9. The van der Waals surface area contributed by atoms with Gasteiger partial charge in [0.25, 0.3) is 0 Å². The van der Waals surface area contributed by atoms with E-state index in [-0.39, 0.29) is 6.10 Å². The SMILES string of the molecule is N#CC1OC(=O)OC1C1CCCCC1. The van der Waals surface area contributed by atoms with Gasteiger partial charge in [-0.2, -0.15) is 5.26 Å². The van der Waals surface area contributed by atoms with Crippen LogP contribution in [0.2, 0.25) is 0 Å². The molecule has 2 aliphatic rings. The second-order valence-electron chi connectivity index (χ2n) is 3.90. The van der Waals surface area contributed by atoms with Gasteiger partial charge < -0.3 is 9.47 Å². The fraction of sp³-hybridized carbons (Fsp3) is 0.800. The molecule has 1 saturated carbocycles. The zero-order valence-electron chi connectivity index (χ0n) is 7.94. The summed E-state index contributed by atoms with van der Waals surface area (Å²) in [6, 6.07) is 1.97. The topological polar surface area (TPSA) is 59.3 Å². The van der Waals surface area contributed by atoms with Crippen LogP contribution in [0.3, 0.4) is 0 Å². The van der Waals surface area contributed by atoms with Crippen LogP contribution in [-0.4, -0.2) is 18.4 Å². The molecule has 0 radical (unpaired) electrons. The number of hydrogen-bond acceptors (Lipinski definition) is 4. The Kier molecular flexibility index (Phi) is 2.58. The van der Waals surface area contributed by atoms with Crippen molar-refractivity contribution in [2.75, 3.05) is 0 Å². The molecule has 0 spiro atoms. The van der Waals surface area contributed by atoms with Gasteiger partial charge >= 0.3 is 6.16 Å². The minimum atomic E-state index is -0.689. The number of hydrogen-bond donors (Lipinski definition) is 0. The first-order chi connectivity index (χ1) is 6.81. The molecule has 1 aliphatic carbocycles. The van der Waals surface area contributed by atoms with Gasteiger partial charge in [0, 0.05) is 5.92 Å². The van der Waals surface area contributed by atoms with E-state index in [0.717, 1.165) is 25.7 Å². The van der Waals surface area contributed by atoms with Crippen LogP contribution in [-0.2, 0) is 9.47 Å². The summed E-state index contributed by atoms with van der Waals surface area (Å²) in [7, 11) is 0. The van der Waals surface area contributed by atoms with Crippen LogP contribution in [0.25, 0.3) is 0 Å². The van der Waals surface area contributed by atoms with Gasteiger partial charge in [-0.1, -0.05) is 19.3 Å². The Bertz CT molecular complexity index is 265. The molecule has 2 fully saturated rings. The van der Waals surface area contributed by atoms with Crippen LogP contribution < -0.4 is 0 Å². The highest BCUT2D eigenvalue weighted by molar-refractivity contribution is 5.63. The van der Waals surface area contributed by atoms with E-state index in [2.05, 4.69) is 0 Å². The Morgan fingerprint density at radius 1 is 1.21 bits per heavy atom. The number of nitrogens with zero attached hydrogens (tertiary/aromatic N) is 1. The van der Waals surface area contributed by atoms with E-state index in [1.165, 1.54) is 6.42 Å². The first kappa shape index (κ1) is 9.32. The number of carbonyl (C=O) groups excluding carboxylic acids is 1. The highest BCUT2D eigenvalue weighted by Gasteiger charge is 2.42. The zero-order chi connectivity index (χ0) is 9.97. The van der Waals surface area contributed by atoms with Gasteiger partial charge in [0.2, 0.25) is 6.10 Å². The van der Waals surface area contributed by atoms with Gasteiger partial charge in [-0.05, 0) is 12.8 Å². The molecule has 0 aromatic heterocycles. The molecule has 0 aromatic carbocycles. The summed E-state index contributed by atoms with van der Waals surface area (Å²) >= 11 is 0. The molecular formula is C10H13NO3. The molecule has 1 heterocycles. The average molecular weight is 195 g/mol. The van der Waals surface area contributed by atoms with Crippen molar-refractivity contribution in [1.82, 2.24) is 0 Å². The lowest BCUT2D eigenvalue weighted by Crippen LogP contribution is -2.31. The number of rotatable bonds is 1. The maximum absolute atomic E-state index is 10.9. The Labute approximate surface area is 82.8 Å². The van der Waals surface area contributed by atoms with Crippen LogP contribution in [0, 0.1) is 17.2 Å². The van der Waals surface area contributed by atoms with Crippen molar-refractivity contribution in [3.8, 4) is 6.07 Å². The third-order valence-corrected chi connectivity index (χ3v) is 3.00. The molecule has 2 unspecified atom stereocenters. The molecule has 2 rings (SSSR count). The van der Waals surface area contributed by atoms with E-state index in [1.54, 1.807) is 0 Å². The van der Waals surface area contributed by atoms with Crippen LogP contribution in [0.15, 0.2) is 0 Å². The number of cyclic esters (lactones) is 2. The molecule has 2 atom stereocenters. The summed E-state index contributed by atoms with van der Waals surface area (Å²) in [5.41, 5.74) is 0. The summed E-state index contributed by atoms with van der Waals surface area (Å²) in [6.45, 7) is 0. The van der Waals surface area contributed by atoms with Crippen molar-refractivity contribution < 1.29 is 14.3 Å². The molecule has 4 heteroatoms. The first-order valence-electron chi connectivity index (χ1n) is 5.08. The molecule has 0 aromatic rings. The van der Waals surface area contributed by atoms with Crippen LogP contribution in [0.1, 0.15) is 32.1 Å². The second-order valence-corrected chi connectivity index (χ2v) is 3.90. The predicted octanol–water partition coefficient (Wildman–Crippen LogP) is 1.99. The molecule has 0 bridgehead atoms. The number of ether oxygens (including phenoxy) is 2. The minimum Gasteiger partial charge on any atom is -0.425 e. The lowest BCUT2D eigenvalue weighted by atomic mass is 9.83. The predicted molar refractivity (Wildman–Crippen MR) is 47.3 cm³/mol. The van der Waals surface area contributed by atoms with Crippen molar-refractivity contribution in [2.45, 2.75) is 44.3 Å². The van der Waals surface area contributed by atoms with Crippen molar-refractivity contribution in [2.24, 2.45) is 5.92 Å². The monoisotopic (exact) mass is 195 g/mol. The molecule has 1 saturated heterocycles. The minimum absolute atomic E-state index is 0.319. The lowest BCUT2D eigenvalue weighted by molar-refractivity contribution is 0.0811. The molecule has 0 N–H and O–H groups in total. The molecule has 4 nitrogen and oxygen atoms in total. The van der Waals surface area contributed by atoms with Gasteiger partial charge in [-0.15, -0.1) is 0 Å². The first-order valence-corrected chi connectivity index (χ1v) is 5.08. The number of carbonyl (C=O) groups is 1. The Morgan fingerprint density at radius 3 is 2.57 bits per heavy atom. The Balaban J connectivity index is 2.01.